The Hall–Kier alpha value is -4.93. The van der Waals surface area contributed by atoms with Crippen LogP contribution in [0.1, 0.15) is 17.0 Å². The van der Waals surface area contributed by atoms with E-state index in [1.54, 1.807) is 24.3 Å². The van der Waals surface area contributed by atoms with Gasteiger partial charge in [0.15, 0.2) is 0 Å². The molecule has 3 rings (SSSR count). The van der Waals surface area contributed by atoms with E-state index < -0.39 is 74.4 Å². The first-order chi connectivity index (χ1) is 17.4. The Morgan fingerprint density at radius 3 is 2.22 bits per heavy atom. The van der Waals surface area contributed by atoms with Crippen LogP contribution < -0.4 is 10.6 Å². The van der Waals surface area contributed by atoms with Crippen molar-refractivity contribution in [3.63, 3.8) is 0 Å². The summed E-state index contributed by atoms with van der Waals surface area (Å²) in [6.45, 7) is 0. The lowest BCUT2D eigenvalue weighted by Gasteiger charge is -2.35. The summed E-state index contributed by atoms with van der Waals surface area (Å²) in [6.07, 6.45) is -5.31. The van der Waals surface area contributed by atoms with Crippen LogP contribution in [-0.2, 0) is 25.2 Å². The molecule has 14 heteroatoms. The van der Waals surface area contributed by atoms with Crippen molar-refractivity contribution in [1.29, 1.82) is 5.26 Å². The topological polar surface area (TPSA) is 149 Å². The van der Waals surface area contributed by atoms with Gasteiger partial charge < -0.3 is 15.2 Å². The summed E-state index contributed by atoms with van der Waals surface area (Å²) in [4.78, 5) is 36.8. The van der Waals surface area contributed by atoms with E-state index >= 15 is 0 Å². The van der Waals surface area contributed by atoms with Gasteiger partial charge in [0.05, 0.1) is 53.9 Å². The minimum Gasteiger partial charge on any atom is -0.466 e. The monoisotopic (exact) mass is 520 g/mol. The van der Waals surface area contributed by atoms with Crippen LogP contribution in [0.5, 0.6) is 0 Å². The van der Waals surface area contributed by atoms with Crippen LogP contribution in [0.4, 0.5) is 28.9 Å². The van der Waals surface area contributed by atoms with Crippen LogP contribution in [0.15, 0.2) is 65.1 Å². The van der Waals surface area contributed by atoms with E-state index in [-0.39, 0.29) is 17.7 Å². The number of nitrogens with zero attached hydrogens (tertiary/aromatic N) is 3. The van der Waals surface area contributed by atoms with Gasteiger partial charge in [-0.15, -0.1) is 0 Å². The molecule has 1 aliphatic heterocycles. The number of nitro benzene ring substituents is 1. The number of rotatable bonds is 5. The Bertz CT molecular complexity index is 1400. The van der Waals surface area contributed by atoms with Gasteiger partial charge in [-0.25, -0.2) is 14.0 Å². The molecule has 10 nitrogen and oxygen atoms in total. The summed E-state index contributed by atoms with van der Waals surface area (Å²) in [5, 5.41) is 21.7. The smallest absolute Gasteiger partial charge is 0.419 e. The zero-order valence-corrected chi connectivity index (χ0v) is 19.0. The van der Waals surface area contributed by atoms with Crippen LogP contribution in [0.2, 0.25) is 0 Å². The van der Waals surface area contributed by atoms with Gasteiger partial charge in [-0.1, -0.05) is 30.3 Å². The fraction of sp³-hybridized carbons (Fsp3) is 0.174. The van der Waals surface area contributed by atoms with E-state index in [0.717, 1.165) is 14.2 Å². The number of ether oxygens (including phenoxy) is 2. The highest BCUT2D eigenvalue weighted by molar-refractivity contribution is 6.06. The lowest BCUT2D eigenvalue weighted by molar-refractivity contribution is -0.384. The number of alkyl halides is 3. The number of benzene rings is 2. The first-order valence-corrected chi connectivity index (χ1v) is 10.1. The summed E-state index contributed by atoms with van der Waals surface area (Å²) < 4.78 is 64.3. The molecule has 1 aliphatic rings. The van der Waals surface area contributed by atoms with Crippen LogP contribution in [0.25, 0.3) is 0 Å². The number of halogens is 4. The maximum atomic E-state index is 14.2. The fourth-order valence-corrected chi connectivity index (χ4v) is 3.86. The van der Waals surface area contributed by atoms with Crippen molar-refractivity contribution in [2.45, 2.75) is 12.1 Å². The molecule has 1 atom stereocenters. The summed E-state index contributed by atoms with van der Waals surface area (Å²) in [7, 11) is 1.81. The van der Waals surface area contributed by atoms with Crippen molar-refractivity contribution in [3.8, 4) is 6.07 Å². The van der Waals surface area contributed by atoms with Gasteiger partial charge in [-0.05, 0) is 11.6 Å². The van der Waals surface area contributed by atoms with Gasteiger partial charge in [0.1, 0.15) is 23.0 Å². The number of allylic oxidation sites excluding steroid dienone is 1. The Morgan fingerprint density at radius 2 is 1.73 bits per heavy atom. The molecule has 2 aromatic carbocycles. The number of carbonyl (C=O) groups is 2. The van der Waals surface area contributed by atoms with Crippen LogP contribution in [0.3, 0.4) is 0 Å². The number of nitriles is 1. The predicted octanol–water partition coefficient (Wildman–Crippen LogP) is 3.65. The number of hydrogen-bond donors (Lipinski definition) is 1. The molecule has 0 aromatic heterocycles. The molecule has 0 bridgehead atoms. The second kappa shape index (κ2) is 9.97. The molecule has 2 aromatic rings. The van der Waals surface area contributed by atoms with Crippen molar-refractivity contribution < 1.29 is 41.5 Å². The zero-order chi connectivity index (χ0) is 27.7. The molecule has 0 saturated carbocycles. The number of carbonyl (C=O) groups excluding carboxylic acids is 2. The maximum Gasteiger partial charge on any atom is 0.419 e. The fourth-order valence-electron chi connectivity index (χ4n) is 3.86. The average Bonchev–Trinajstić information content (AvgIpc) is 2.86. The van der Waals surface area contributed by atoms with E-state index in [2.05, 4.69) is 0 Å². The molecule has 1 heterocycles. The predicted molar refractivity (Wildman–Crippen MR) is 118 cm³/mol. The normalized spacial score (nSPS) is 15.8. The zero-order valence-electron chi connectivity index (χ0n) is 19.0. The molecule has 0 spiro atoms. The first-order valence-electron chi connectivity index (χ1n) is 10.1. The van der Waals surface area contributed by atoms with Gasteiger partial charge in [0.2, 0.25) is 0 Å². The van der Waals surface area contributed by atoms with E-state index in [0.29, 0.717) is 4.90 Å². The Kier molecular flexibility index (Phi) is 7.19. The molecular formula is C23H16F4N4O6. The largest absolute Gasteiger partial charge is 0.466 e. The summed E-state index contributed by atoms with van der Waals surface area (Å²) in [6, 6.07) is 9.44. The van der Waals surface area contributed by atoms with E-state index in [1.165, 1.54) is 12.1 Å². The van der Waals surface area contributed by atoms with Gasteiger partial charge in [-0.3, -0.25) is 15.0 Å². The number of nitrogens with two attached hydrogens (primary N) is 1. The van der Waals surface area contributed by atoms with Gasteiger partial charge in [-0.2, -0.15) is 18.4 Å². The number of nitro groups is 1. The minimum absolute atomic E-state index is 0.00647. The van der Waals surface area contributed by atoms with Crippen molar-refractivity contribution >= 4 is 23.3 Å². The average molecular weight is 520 g/mol. The SMILES string of the molecule is COC(=O)C1=C(C(=O)OC)N(c2cc(C(F)(F)F)c(F)cc2[N+](=O)[O-])C(N)=C(C#N)C1c1ccccc1. The lowest BCUT2D eigenvalue weighted by atomic mass is 9.81. The van der Waals surface area contributed by atoms with Gasteiger partial charge in [0.25, 0.3) is 5.69 Å². The second-order valence-corrected chi connectivity index (χ2v) is 7.41. The van der Waals surface area contributed by atoms with E-state index in [1.807, 2.05) is 0 Å². The molecule has 0 saturated heterocycles. The van der Waals surface area contributed by atoms with Gasteiger partial charge >= 0.3 is 18.1 Å². The summed E-state index contributed by atoms with van der Waals surface area (Å²) in [5.41, 5.74) is 0.277. The number of methoxy groups -OCH3 is 2. The van der Waals surface area contributed by atoms with Crippen LogP contribution >= 0.6 is 0 Å². The molecular weight excluding hydrogens is 504 g/mol. The Morgan fingerprint density at radius 1 is 1.14 bits per heavy atom. The van der Waals surface area contributed by atoms with Crippen molar-refractivity contribution in [1.82, 2.24) is 0 Å². The second-order valence-electron chi connectivity index (χ2n) is 7.41. The number of hydrogen-bond acceptors (Lipinski definition) is 9. The highest BCUT2D eigenvalue weighted by Crippen LogP contribution is 2.47. The molecule has 1 unspecified atom stereocenters. The molecule has 2 N–H and O–H groups in total. The van der Waals surface area contributed by atoms with Gasteiger partial charge in [0, 0.05) is 0 Å². The quantitative estimate of drug-likeness (QED) is 0.270. The minimum atomic E-state index is -5.31. The van der Waals surface area contributed by atoms with Crippen LogP contribution in [-0.4, -0.2) is 31.1 Å². The standard InChI is InChI=1S/C23H16F4N4O6/c1-36-21(32)18-17(11-6-4-3-5-7-11)12(10-28)20(29)30(19(18)22(33)37-2)15-8-13(23(25,26)27)14(24)9-16(15)31(34)35/h3-9,17H,29H2,1-2H3. The molecule has 0 amide bonds. The van der Waals surface area contributed by atoms with Crippen LogP contribution in [0, 0.1) is 27.3 Å². The van der Waals surface area contributed by atoms with Crippen molar-refractivity contribution in [2.75, 3.05) is 19.1 Å². The van der Waals surface area contributed by atoms with Crippen molar-refractivity contribution in [3.05, 3.63) is 92.2 Å². The highest BCUT2D eigenvalue weighted by atomic mass is 19.4. The summed E-state index contributed by atoms with van der Waals surface area (Å²) in [5.74, 6) is -6.63. The van der Waals surface area contributed by atoms with E-state index in [4.69, 9.17) is 15.2 Å². The third-order valence-electron chi connectivity index (χ3n) is 5.42. The third-order valence-corrected chi connectivity index (χ3v) is 5.42. The number of anilines is 1. The molecule has 0 fully saturated rings. The van der Waals surface area contributed by atoms with E-state index in [9.17, 15) is 42.5 Å². The Labute approximate surface area is 205 Å². The van der Waals surface area contributed by atoms with Crippen molar-refractivity contribution in [2.24, 2.45) is 5.73 Å². The Balaban J connectivity index is 2.55. The maximum absolute atomic E-state index is 14.2. The summed E-state index contributed by atoms with van der Waals surface area (Å²) >= 11 is 0. The first kappa shape index (κ1) is 26.7. The number of esters is 2. The molecule has 0 aliphatic carbocycles. The third kappa shape index (κ3) is 4.66. The molecule has 192 valence electrons. The molecule has 0 radical (unpaired) electrons. The molecule has 37 heavy (non-hydrogen) atoms. The highest BCUT2D eigenvalue weighted by Gasteiger charge is 2.46. The lowest BCUT2D eigenvalue weighted by Crippen LogP contribution is -2.41.